The Labute approximate surface area is 272 Å². The standard InChI is InChI=1S/C33H55Br2NO6/c1-2-3-4-5-6-7-8-9-10-11-12-13-14-15-16-17-20-42-33(37)36-18-21-38-23-25-40-31-27-29(34)30(35)28-32(31)41-26-24-39-22-19-36/h27-28H,2-26H2,1H3. The van der Waals surface area contributed by atoms with Gasteiger partial charge in [-0.2, -0.15) is 0 Å². The summed E-state index contributed by atoms with van der Waals surface area (Å²) in [6.07, 6.45) is 20.9. The molecule has 0 atom stereocenters. The Morgan fingerprint density at radius 1 is 0.643 bits per heavy atom. The Balaban J connectivity index is 1.51. The number of carbonyl (C=O) groups excluding carboxylic acids is 1. The first-order valence-electron chi connectivity index (χ1n) is 16.4. The highest BCUT2D eigenvalue weighted by Gasteiger charge is 2.16. The number of carbonyl (C=O) groups is 1. The number of nitrogens with zero attached hydrogens (tertiary/aromatic N) is 1. The molecular weight excluding hydrogens is 666 g/mol. The number of amides is 1. The van der Waals surface area contributed by atoms with Crippen LogP contribution in [0.3, 0.4) is 0 Å². The van der Waals surface area contributed by atoms with Crippen LogP contribution in [0, 0.1) is 0 Å². The molecule has 1 heterocycles. The maximum atomic E-state index is 12.7. The highest BCUT2D eigenvalue weighted by Crippen LogP contribution is 2.36. The van der Waals surface area contributed by atoms with Crippen molar-refractivity contribution in [2.45, 2.75) is 110 Å². The van der Waals surface area contributed by atoms with Crippen LogP contribution in [-0.2, 0) is 14.2 Å². The van der Waals surface area contributed by atoms with Gasteiger partial charge >= 0.3 is 6.09 Å². The van der Waals surface area contributed by atoms with E-state index < -0.39 is 0 Å². The molecule has 0 aliphatic carbocycles. The molecule has 0 N–H and O–H groups in total. The molecule has 0 saturated heterocycles. The lowest BCUT2D eigenvalue weighted by Gasteiger charge is -2.22. The van der Waals surface area contributed by atoms with Crippen LogP contribution in [0.15, 0.2) is 21.1 Å². The van der Waals surface area contributed by atoms with E-state index in [1.807, 2.05) is 12.1 Å². The third-order valence-corrected chi connectivity index (χ3v) is 9.29. The van der Waals surface area contributed by atoms with Crippen molar-refractivity contribution in [1.29, 1.82) is 0 Å². The molecule has 0 radical (unpaired) electrons. The SMILES string of the molecule is CCCCCCCCCCCCCCCCCCOC(=O)N1CCOCCOc2cc(Br)c(Br)cc2OCCOCC1. The fraction of sp³-hybridized carbons (Fsp3) is 0.788. The van der Waals surface area contributed by atoms with Crippen LogP contribution in [0.2, 0.25) is 0 Å². The van der Waals surface area contributed by atoms with Gasteiger partial charge in [0.25, 0.3) is 0 Å². The molecule has 1 aromatic rings. The second-order valence-electron chi connectivity index (χ2n) is 11.0. The zero-order valence-corrected chi connectivity index (χ0v) is 29.2. The molecule has 1 aliphatic heterocycles. The van der Waals surface area contributed by atoms with E-state index >= 15 is 0 Å². The number of hydrogen-bond donors (Lipinski definition) is 0. The average Bonchev–Trinajstić information content (AvgIpc) is 2.99. The number of unbranched alkanes of at least 4 members (excludes halogenated alkanes) is 15. The number of ether oxygens (including phenoxy) is 5. The van der Waals surface area contributed by atoms with Gasteiger partial charge in [0.05, 0.1) is 33.0 Å². The Kier molecular flexibility index (Phi) is 22.4. The summed E-state index contributed by atoms with van der Waals surface area (Å²) in [5.74, 6) is 1.28. The molecule has 0 saturated carbocycles. The van der Waals surface area contributed by atoms with Gasteiger partial charge in [-0.1, -0.05) is 103 Å². The molecule has 0 spiro atoms. The van der Waals surface area contributed by atoms with E-state index in [0.717, 1.165) is 21.8 Å². The van der Waals surface area contributed by atoms with Crippen molar-refractivity contribution >= 4 is 38.0 Å². The van der Waals surface area contributed by atoms with E-state index in [1.54, 1.807) is 4.90 Å². The minimum Gasteiger partial charge on any atom is -0.487 e. The maximum Gasteiger partial charge on any atom is 0.409 e. The molecule has 42 heavy (non-hydrogen) atoms. The summed E-state index contributed by atoms with van der Waals surface area (Å²) in [4.78, 5) is 14.4. The van der Waals surface area contributed by atoms with Crippen molar-refractivity contribution in [3.05, 3.63) is 21.1 Å². The third-order valence-electron chi connectivity index (χ3n) is 7.45. The van der Waals surface area contributed by atoms with Crippen LogP contribution < -0.4 is 9.47 Å². The van der Waals surface area contributed by atoms with E-state index in [1.165, 1.54) is 89.9 Å². The fourth-order valence-electron chi connectivity index (χ4n) is 4.91. The monoisotopic (exact) mass is 719 g/mol. The Morgan fingerprint density at radius 3 is 1.48 bits per heavy atom. The molecule has 1 aliphatic rings. The zero-order chi connectivity index (χ0) is 30.1. The van der Waals surface area contributed by atoms with E-state index in [2.05, 4.69) is 38.8 Å². The van der Waals surface area contributed by atoms with Gasteiger partial charge in [-0.15, -0.1) is 0 Å². The normalized spacial score (nSPS) is 15.2. The molecule has 0 bridgehead atoms. The van der Waals surface area contributed by atoms with Crippen LogP contribution in [0.25, 0.3) is 0 Å². The second kappa shape index (κ2) is 25.3. The molecular formula is C33H55Br2NO6. The van der Waals surface area contributed by atoms with Gasteiger partial charge in [-0.25, -0.2) is 4.79 Å². The lowest BCUT2D eigenvalue weighted by atomic mass is 10.0. The smallest absolute Gasteiger partial charge is 0.409 e. The summed E-state index contributed by atoms with van der Waals surface area (Å²) >= 11 is 7.01. The molecule has 0 unspecified atom stereocenters. The van der Waals surface area contributed by atoms with Gasteiger partial charge in [0.2, 0.25) is 0 Å². The first-order chi connectivity index (χ1) is 20.6. The van der Waals surface area contributed by atoms with Crippen molar-refractivity contribution in [2.24, 2.45) is 0 Å². The van der Waals surface area contributed by atoms with Gasteiger partial charge in [0.1, 0.15) is 13.2 Å². The van der Waals surface area contributed by atoms with Crippen molar-refractivity contribution in [2.75, 3.05) is 59.3 Å². The molecule has 0 fully saturated rings. The molecule has 7 nitrogen and oxygen atoms in total. The Morgan fingerprint density at radius 2 is 1.05 bits per heavy atom. The van der Waals surface area contributed by atoms with E-state index in [4.69, 9.17) is 23.7 Å². The Bertz CT molecular complexity index is 787. The summed E-state index contributed by atoms with van der Waals surface area (Å²) in [6.45, 7) is 6.03. The van der Waals surface area contributed by atoms with Crippen molar-refractivity contribution in [3.63, 3.8) is 0 Å². The average molecular weight is 722 g/mol. The molecule has 1 amide bonds. The lowest BCUT2D eigenvalue weighted by Crippen LogP contribution is -2.37. The largest absolute Gasteiger partial charge is 0.487 e. The summed E-state index contributed by atoms with van der Waals surface area (Å²) in [5.41, 5.74) is 0. The van der Waals surface area contributed by atoms with Crippen LogP contribution >= 0.6 is 31.9 Å². The van der Waals surface area contributed by atoms with Gasteiger partial charge < -0.3 is 28.6 Å². The third kappa shape index (κ3) is 17.9. The molecule has 9 heteroatoms. The number of hydrogen-bond acceptors (Lipinski definition) is 6. The zero-order valence-electron chi connectivity index (χ0n) is 26.0. The number of rotatable bonds is 17. The van der Waals surface area contributed by atoms with Gasteiger partial charge in [0.15, 0.2) is 11.5 Å². The summed E-state index contributed by atoms with van der Waals surface area (Å²) in [6, 6.07) is 3.74. The minimum atomic E-state index is -0.304. The Hall–Kier alpha value is -1.03. The molecule has 2 rings (SSSR count). The highest BCUT2D eigenvalue weighted by molar-refractivity contribution is 9.13. The minimum absolute atomic E-state index is 0.304. The predicted molar refractivity (Wildman–Crippen MR) is 177 cm³/mol. The number of fused-ring (bicyclic) bond motifs is 1. The van der Waals surface area contributed by atoms with Crippen molar-refractivity contribution in [1.82, 2.24) is 4.90 Å². The van der Waals surface area contributed by atoms with Gasteiger partial charge in [0, 0.05) is 22.0 Å². The maximum absolute atomic E-state index is 12.7. The van der Waals surface area contributed by atoms with E-state index in [-0.39, 0.29) is 6.09 Å². The van der Waals surface area contributed by atoms with Gasteiger partial charge in [-0.05, 0) is 50.4 Å². The molecule has 1 aromatic carbocycles. The van der Waals surface area contributed by atoms with Crippen LogP contribution in [0.5, 0.6) is 11.5 Å². The van der Waals surface area contributed by atoms with E-state index in [9.17, 15) is 4.79 Å². The van der Waals surface area contributed by atoms with Crippen LogP contribution in [0.4, 0.5) is 4.79 Å². The first kappa shape index (κ1) is 37.2. The van der Waals surface area contributed by atoms with Crippen LogP contribution in [0.1, 0.15) is 110 Å². The quantitative estimate of drug-likeness (QED) is 0.149. The molecule has 242 valence electrons. The van der Waals surface area contributed by atoms with Crippen molar-refractivity contribution < 1.29 is 28.5 Å². The van der Waals surface area contributed by atoms with Crippen LogP contribution in [-0.4, -0.2) is 70.3 Å². The van der Waals surface area contributed by atoms with Gasteiger partial charge in [-0.3, -0.25) is 0 Å². The topological polar surface area (TPSA) is 66.5 Å². The number of benzene rings is 1. The lowest BCUT2D eigenvalue weighted by molar-refractivity contribution is 0.0466. The second-order valence-corrected chi connectivity index (χ2v) is 12.7. The van der Waals surface area contributed by atoms with E-state index in [0.29, 0.717) is 70.8 Å². The fourth-order valence-corrected chi connectivity index (χ4v) is 5.55. The highest BCUT2D eigenvalue weighted by atomic mass is 79.9. The number of halogens is 2. The summed E-state index contributed by atoms with van der Waals surface area (Å²) in [5, 5.41) is 0. The summed E-state index contributed by atoms with van der Waals surface area (Å²) in [7, 11) is 0. The first-order valence-corrected chi connectivity index (χ1v) is 18.0. The summed E-state index contributed by atoms with van der Waals surface area (Å²) < 4.78 is 30.5. The van der Waals surface area contributed by atoms with Crippen molar-refractivity contribution in [3.8, 4) is 11.5 Å². The molecule has 0 aromatic heterocycles. The predicted octanol–water partition coefficient (Wildman–Crippen LogP) is 9.72.